The summed E-state index contributed by atoms with van der Waals surface area (Å²) in [5, 5.41) is 9.87. The van der Waals surface area contributed by atoms with Gasteiger partial charge < -0.3 is 9.84 Å². The molecule has 0 saturated carbocycles. The molecule has 1 rings (SSSR count). The fourth-order valence-corrected chi connectivity index (χ4v) is 1.47. The van der Waals surface area contributed by atoms with E-state index in [1.807, 2.05) is 34.6 Å². The number of phenols is 1. The molecule has 0 aliphatic rings. The van der Waals surface area contributed by atoms with Crippen LogP contribution in [0.3, 0.4) is 0 Å². The molecular formula is C14H21FO3. The monoisotopic (exact) mass is 256 g/mol. The van der Waals surface area contributed by atoms with Crippen molar-refractivity contribution in [2.24, 2.45) is 0 Å². The van der Waals surface area contributed by atoms with Gasteiger partial charge in [-0.05, 0) is 11.5 Å². The molecule has 0 amide bonds. The average molecular weight is 256 g/mol. The highest BCUT2D eigenvalue weighted by Crippen LogP contribution is 2.34. The van der Waals surface area contributed by atoms with Crippen LogP contribution in [0.5, 0.6) is 5.75 Å². The Morgan fingerprint density at radius 3 is 2.17 bits per heavy atom. The molecule has 0 aliphatic carbocycles. The molecule has 0 aliphatic heterocycles. The summed E-state index contributed by atoms with van der Waals surface area (Å²) >= 11 is 0. The van der Waals surface area contributed by atoms with Gasteiger partial charge in [0.2, 0.25) is 0 Å². The Morgan fingerprint density at radius 2 is 1.78 bits per heavy atom. The van der Waals surface area contributed by atoms with Gasteiger partial charge in [-0.3, -0.25) is 0 Å². The highest BCUT2D eigenvalue weighted by Gasteiger charge is 2.25. The molecule has 0 heterocycles. The van der Waals surface area contributed by atoms with Gasteiger partial charge in [0.25, 0.3) is 0 Å². The second kappa shape index (κ2) is 6.38. The quantitative estimate of drug-likeness (QED) is 0.780. The summed E-state index contributed by atoms with van der Waals surface area (Å²) in [5.74, 6) is -2.00. The molecule has 0 saturated heterocycles. The third kappa shape index (κ3) is 3.45. The molecule has 3 nitrogen and oxygen atoms in total. The molecule has 1 N–H and O–H groups in total. The smallest absolute Gasteiger partial charge is 0.344 e. The first-order valence-electron chi connectivity index (χ1n) is 5.89. The molecule has 102 valence electrons. The third-order valence-electron chi connectivity index (χ3n) is 2.32. The lowest BCUT2D eigenvalue weighted by Gasteiger charge is -2.21. The Labute approximate surface area is 108 Å². The van der Waals surface area contributed by atoms with Crippen LogP contribution in [0.4, 0.5) is 4.39 Å². The lowest BCUT2D eigenvalue weighted by molar-refractivity contribution is 0.0591. The van der Waals surface area contributed by atoms with Gasteiger partial charge in [-0.2, -0.15) is 0 Å². The SMILES string of the molecule is CC.COC(=O)c1c(F)ccc(C(C)(C)C)c1O. The van der Waals surface area contributed by atoms with Gasteiger partial charge in [-0.1, -0.05) is 40.7 Å². The number of rotatable bonds is 1. The van der Waals surface area contributed by atoms with Gasteiger partial charge in [-0.25, -0.2) is 9.18 Å². The second-order valence-electron chi connectivity index (χ2n) is 4.56. The minimum atomic E-state index is -0.874. The number of phenolic OH excluding ortho intramolecular Hbond substituents is 1. The predicted molar refractivity (Wildman–Crippen MR) is 69.5 cm³/mol. The highest BCUT2D eigenvalue weighted by atomic mass is 19.1. The summed E-state index contributed by atoms with van der Waals surface area (Å²) in [7, 11) is 1.14. The highest BCUT2D eigenvalue weighted by molar-refractivity contribution is 5.93. The van der Waals surface area contributed by atoms with Crippen molar-refractivity contribution < 1.29 is 19.0 Å². The van der Waals surface area contributed by atoms with Crippen LogP contribution in [0.1, 0.15) is 50.5 Å². The predicted octanol–water partition coefficient (Wildman–Crippen LogP) is 3.64. The van der Waals surface area contributed by atoms with Gasteiger partial charge in [0, 0.05) is 5.56 Å². The van der Waals surface area contributed by atoms with Crippen molar-refractivity contribution in [3.63, 3.8) is 0 Å². The van der Waals surface area contributed by atoms with Gasteiger partial charge in [0.15, 0.2) is 0 Å². The molecule has 18 heavy (non-hydrogen) atoms. The maximum Gasteiger partial charge on any atom is 0.344 e. The zero-order valence-corrected chi connectivity index (χ0v) is 11.8. The molecule has 0 unspecified atom stereocenters. The van der Waals surface area contributed by atoms with Crippen molar-refractivity contribution in [2.45, 2.75) is 40.0 Å². The van der Waals surface area contributed by atoms with Crippen LogP contribution in [0.2, 0.25) is 0 Å². The van der Waals surface area contributed by atoms with E-state index in [2.05, 4.69) is 4.74 Å². The van der Waals surface area contributed by atoms with E-state index in [1.165, 1.54) is 6.07 Å². The summed E-state index contributed by atoms with van der Waals surface area (Å²) in [6.45, 7) is 9.59. The number of aromatic hydroxyl groups is 1. The molecule has 0 aromatic heterocycles. The number of ether oxygens (including phenoxy) is 1. The minimum absolute atomic E-state index is 0.348. The van der Waals surface area contributed by atoms with Crippen molar-refractivity contribution in [3.05, 3.63) is 29.1 Å². The maximum atomic E-state index is 13.4. The number of esters is 1. The number of methoxy groups -OCH3 is 1. The standard InChI is InChI=1S/C12H15FO3.C2H6/c1-12(2,3)7-5-6-8(13)9(10(7)14)11(15)16-4;1-2/h5-6,14H,1-4H3;1-2H3. The summed E-state index contributed by atoms with van der Waals surface area (Å²) in [4.78, 5) is 11.3. The van der Waals surface area contributed by atoms with Crippen molar-refractivity contribution in [1.82, 2.24) is 0 Å². The van der Waals surface area contributed by atoms with Gasteiger partial charge in [0.05, 0.1) is 7.11 Å². The largest absolute Gasteiger partial charge is 0.507 e. The van der Waals surface area contributed by atoms with Crippen LogP contribution in [-0.2, 0) is 10.2 Å². The van der Waals surface area contributed by atoms with E-state index in [4.69, 9.17) is 0 Å². The van der Waals surface area contributed by atoms with E-state index < -0.39 is 17.3 Å². The van der Waals surface area contributed by atoms with Gasteiger partial charge in [-0.15, -0.1) is 0 Å². The molecule has 1 aromatic carbocycles. The number of hydrogen-bond acceptors (Lipinski definition) is 3. The molecule has 4 heteroatoms. The van der Waals surface area contributed by atoms with E-state index >= 15 is 0 Å². The van der Waals surface area contributed by atoms with Crippen molar-refractivity contribution in [3.8, 4) is 5.75 Å². The van der Waals surface area contributed by atoms with Crippen LogP contribution >= 0.6 is 0 Å². The van der Waals surface area contributed by atoms with Gasteiger partial charge in [0.1, 0.15) is 17.1 Å². The Morgan fingerprint density at radius 1 is 1.28 bits per heavy atom. The van der Waals surface area contributed by atoms with E-state index in [0.717, 1.165) is 13.2 Å². The number of carbonyl (C=O) groups is 1. The van der Waals surface area contributed by atoms with Gasteiger partial charge >= 0.3 is 5.97 Å². The number of hydrogen-bond donors (Lipinski definition) is 1. The molecule has 0 atom stereocenters. The minimum Gasteiger partial charge on any atom is -0.507 e. The second-order valence-corrected chi connectivity index (χ2v) is 4.56. The third-order valence-corrected chi connectivity index (χ3v) is 2.32. The van der Waals surface area contributed by atoms with Crippen LogP contribution in [0.15, 0.2) is 12.1 Å². The summed E-state index contributed by atoms with van der Waals surface area (Å²) in [6, 6.07) is 2.63. The zero-order chi connectivity index (χ0) is 14.5. The van der Waals surface area contributed by atoms with Crippen LogP contribution in [-0.4, -0.2) is 18.2 Å². The topological polar surface area (TPSA) is 46.5 Å². The zero-order valence-electron chi connectivity index (χ0n) is 11.8. The Bertz CT molecular complexity index is 420. The van der Waals surface area contributed by atoms with Crippen LogP contribution in [0.25, 0.3) is 0 Å². The molecule has 0 radical (unpaired) electrons. The van der Waals surface area contributed by atoms with E-state index in [0.29, 0.717) is 5.56 Å². The lowest BCUT2D eigenvalue weighted by Crippen LogP contribution is -2.14. The fourth-order valence-electron chi connectivity index (χ4n) is 1.47. The number of carbonyl (C=O) groups excluding carboxylic acids is 1. The maximum absolute atomic E-state index is 13.4. The first kappa shape index (κ1) is 16.4. The molecule has 0 spiro atoms. The van der Waals surface area contributed by atoms with E-state index in [9.17, 15) is 14.3 Å². The fraction of sp³-hybridized carbons (Fsp3) is 0.500. The first-order chi connectivity index (χ1) is 8.29. The van der Waals surface area contributed by atoms with Crippen molar-refractivity contribution in [2.75, 3.05) is 7.11 Å². The van der Waals surface area contributed by atoms with Crippen LogP contribution in [0, 0.1) is 5.82 Å². The Balaban J connectivity index is 0.00000137. The summed E-state index contributed by atoms with van der Waals surface area (Å²) in [6.07, 6.45) is 0. The van der Waals surface area contributed by atoms with E-state index in [1.54, 1.807) is 0 Å². The Hall–Kier alpha value is -1.58. The Kier molecular flexibility index (Phi) is 5.82. The lowest BCUT2D eigenvalue weighted by atomic mass is 9.85. The van der Waals surface area contributed by atoms with E-state index in [-0.39, 0.29) is 11.2 Å². The first-order valence-corrected chi connectivity index (χ1v) is 5.89. The average Bonchev–Trinajstić information content (AvgIpc) is 2.29. The molecule has 1 aromatic rings. The number of benzene rings is 1. The van der Waals surface area contributed by atoms with Crippen LogP contribution < -0.4 is 0 Å². The molecular weight excluding hydrogens is 235 g/mol. The normalized spacial score (nSPS) is 10.4. The number of halogens is 1. The molecule has 0 fully saturated rings. The van der Waals surface area contributed by atoms with Crippen molar-refractivity contribution >= 4 is 5.97 Å². The molecule has 0 bridgehead atoms. The summed E-state index contributed by atoms with van der Waals surface area (Å²) in [5.41, 5.74) is -0.273. The summed E-state index contributed by atoms with van der Waals surface area (Å²) < 4.78 is 17.8. The van der Waals surface area contributed by atoms with Crippen molar-refractivity contribution in [1.29, 1.82) is 0 Å².